The second-order valence-corrected chi connectivity index (χ2v) is 8.30. The van der Waals surface area contributed by atoms with Gasteiger partial charge in [-0.15, -0.1) is 11.3 Å². The van der Waals surface area contributed by atoms with Crippen LogP contribution in [0, 0.1) is 13.8 Å². The number of aliphatic imine (C=N–C) groups is 1. The second-order valence-electron chi connectivity index (χ2n) is 7.01. The summed E-state index contributed by atoms with van der Waals surface area (Å²) in [5.74, 6) is 0.895. The molecule has 2 N–H and O–H groups in total. The van der Waals surface area contributed by atoms with E-state index in [0.717, 1.165) is 55.8 Å². The predicted octanol–water partition coefficient (Wildman–Crippen LogP) is 3.26. The summed E-state index contributed by atoms with van der Waals surface area (Å²) in [6.07, 6.45) is 2.28. The fraction of sp³-hybridized carbons (Fsp3) is 0.524. The van der Waals surface area contributed by atoms with Gasteiger partial charge in [-0.3, -0.25) is 4.90 Å². The lowest BCUT2D eigenvalue weighted by Gasteiger charge is -2.28. The summed E-state index contributed by atoms with van der Waals surface area (Å²) in [6.45, 7) is 12.1. The van der Waals surface area contributed by atoms with Crippen molar-refractivity contribution in [3.63, 3.8) is 0 Å². The van der Waals surface area contributed by atoms with Crippen LogP contribution < -0.4 is 10.6 Å². The van der Waals surface area contributed by atoms with E-state index in [1.165, 1.54) is 22.4 Å². The molecule has 1 aliphatic rings. The number of guanidine groups is 1. The quantitative estimate of drug-likeness (QED) is 0.436. The van der Waals surface area contributed by atoms with Gasteiger partial charge >= 0.3 is 0 Å². The van der Waals surface area contributed by atoms with Gasteiger partial charge in [-0.1, -0.05) is 24.3 Å². The van der Waals surface area contributed by atoms with E-state index in [2.05, 4.69) is 58.6 Å². The number of nitrogens with zero attached hydrogens (tertiary/aromatic N) is 3. The Morgan fingerprint density at radius 1 is 1.22 bits per heavy atom. The minimum Gasteiger partial charge on any atom is -0.357 e. The van der Waals surface area contributed by atoms with Gasteiger partial charge in [0.1, 0.15) is 0 Å². The average molecular weight is 386 g/mol. The second kappa shape index (κ2) is 9.85. The maximum Gasteiger partial charge on any atom is 0.191 e. The van der Waals surface area contributed by atoms with E-state index in [4.69, 9.17) is 4.99 Å². The van der Waals surface area contributed by atoms with Crippen LogP contribution in [0.5, 0.6) is 0 Å². The zero-order valence-electron chi connectivity index (χ0n) is 16.7. The Bertz CT molecular complexity index is 768. The molecule has 146 valence electrons. The third-order valence-corrected chi connectivity index (χ3v) is 5.94. The Morgan fingerprint density at radius 3 is 2.78 bits per heavy atom. The van der Waals surface area contributed by atoms with Crippen molar-refractivity contribution in [2.75, 3.05) is 26.2 Å². The molecule has 0 fully saturated rings. The van der Waals surface area contributed by atoms with Crippen LogP contribution in [0.25, 0.3) is 0 Å². The third-order valence-electron chi connectivity index (χ3n) is 4.88. The number of aromatic nitrogens is 1. The van der Waals surface area contributed by atoms with E-state index >= 15 is 0 Å². The number of rotatable bonds is 7. The maximum atomic E-state index is 4.72. The van der Waals surface area contributed by atoms with Gasteiger partial charge < -0.3 is 10.6 Å². The van der Waals surface area contributed by atoms with Crippen molar-refractivity contribution in [2.24, 2.45) is 4.99 Å². The molecule has 6 heteroatoms. The molecule has 1 aromatic heterocycles. The van der Waals surface area contributed by atoms with Crippen LogP contribution in [0.1, 0.15) is 40.1 Å². The molecule has 3 rings (SSSR count). The number of hydrogen-bond acceptors (Lipinski definition) is 4. The Balaban J connectivity index is 1.43. The molecule has 0 radical (unpaired) electrons. The van der Waals surface area contributed by atoms with Gasteiger partial charge in [0.2, 0.25) is 0 Å². The summed E-state index contributed by atoms with van der Waals surface area (Å²) >= 11 is 1.74. The van der Waals surface area contributed by atoms with Crippen molar-refractivity contribution in [1.29, 1.82) is 0 Å². The number of nitrogens with one attached hydrogen (secondary N) is 2. The van der Waals surface area contributed by atoms with Gasteiger partial charge in [-0.25, -0.2) is 9.98 Å². The molecule has 0 saturated carbocycles. The lowest BCUT2D eigenvalue weighted by Crippen LogP contribution is -2.39. The topological polar surface area (TPSA) is 52.6 Å². The Kier molecular flexibility index (Phi) is 7.24. The van der Waals surface area contributed by atoms with Crippen molar-refractivity contribution >= 4 is 17.3 Å². The number of fused-ring (bicyclic) bond motifs is 1. The van der Waals surface area contributed by atoms with Gasteiger partial charge in [0, 0.05) is 37.6 Å². The van der Waals surface area contributed by atoms with Crippen molar-refractivity contribution in [3.8, 4) is 0 Å². The highest BCUT2D eigenvalue weighted by molar-refractivity contribution is 7.11. The van der Waals surface area contributed by atoms with Crippen LogP contribution in [0.4, 0.5) is 0 Å². The molecule has 0 aliphatic carbocycles. The van der Waals surface area contributed by atoms with Gasteiger partial charge in [-0.05, 0) is 44.7 Å². The number of hydrogen-bond donors (Lipinski definition) is 2. The van der Waals surface area contributed by atoms with Crippen LogP contribution >= 0.6 is 11.3 Å². The standard InChI is InChI=1S/C21H31N5S/c1-4-22-21(24-14-20-16(2)25-17(3)27-20)23-11-7-12-26-13-10-18-8-5-6-9-19(18)15-26/h5-6,8-9H,4,7,10-15H2,1-3H3,(H2,22,23,24). The minimum atomic E-state index is 0.690. The Labute approximate surface area is 166 Å². The van der Waals surface area contributed by atoms with Crippen molar-refractivity contribution in [1.82, 2.24) is 20.5 Å². The Hall–Kier alpha value is -1.92. The summed E-state index contributed by atoms with van der Waals surface area (Å²) in [5.41, 5.74) is 4.10. The van der Waals surface area contributed by atoms with Crippen LogP contribution in [-0.2, 0) is 19.5 Å². The molecule has 5 nitrogen and oxygen atoms in total. The van der Waals surface area contributed by atoms with Gasteiger partial charge in [-0.2, -0.15) is 0 Å². The highest BCUT2D eigenvalue weighted by Crippen LogP contribution is 2.19. The van der Waals surface area contributed by atoms with Gasteiger partial charge in [0.15, 0.2) is 5.96 Å². The van der Waals surface area contributed by atoms with E-state index in [9.17, 15) is 0 Å². The average Bonchev–Trinajstić information content (AvgIpc) is 3.00. The summed E-state index contributed by atoms with van der Waals surface area (Å²) < 4.78 is 0. The lowest BCUT2D eigenvalue weighted by atomic mass is 10.00. The summed E-state index contributed by atoms with van der Waals surface area (Å²) in [7, 11) is 0. The largest absolute Gasteiger partial charge is 0.357 e. The third kappa shape index (κ3) is 5.78. The summed E-state index contributed by atoms with van der Waals surface area (Å²) in [5, 5.41) is 7.92. The van der Waals surface area contributed by atoms with E-state index in [-0.39, 0.29) is 0 Å². The summed E-state index contributed by atoms with van der Waals surface area (Å²) in [6, 6.07) is 8.82. The Morgan fingerprint density at radius 2 is 2.04 bits per heavy atom. The monoisotopic (exact) mass is 385 g/mol. The van der Waals surface area contributed by atoms with Crippen LogP contribution in [0.3, 0.4) is 0 Å². The van der Waals surface area contributed by atoms with E-state index in [0.29, 0.717) is 6.54 Å². The first-order chi connectivity index (χ1) is 13.2. The fourth-order valence-corrected chi connectivity index (χ4v) is 4.33. The molecular weight excluding hydrogens is 354 g/mol. The zero-order valence-corrected chi connectivity index (χ0v) is 17.5. The van der Waals surface area contributed by atoms with Crippen LogP contribution in [0.15, 0.2) is 29.3 Å². The fourth-order valence-electron chi connectivity index (χ4n) is 3.47. The first-order valence-electron chi connectivity index (χ1n) is 9.90. The van der Waals surface area contributed by atoms with E-state index < -0.39 is 0 Å². The minimum absolute atomic E-state index is 0.690. The zero-order chi connectivity index (χ0) is 19.1. The molecule has 1 aliphatic heterocycles. The number of benzene rings is 1. The molecule has 2 heterocycles. The van der Waals surface area contributed by atoms with Gasteiger partial charge in [0.25, 0.3) is 0 Å². The molecule has 0 unspecified atom stereocenters. The highest BCUT2D eigenvalue weighted by atomic mass is 32.1. The molecule has 27 heavy (non-hydrogen) atoms. The van der Waals surface area contributed by atoms with Crippen molar-refractivity contribution in [3.05, 3.63) is 51.0 Å². The molecule has 0 saturated heterocycles. The smallest absolute Gasteiger partial charge is 0.191 e. The van der Waals surface area contributed by atoms with Crippen LogP contribution in [0.2, 0.25) is 0 Å². The van der Waals surface area contributed by atoms with Crippen LogP contribution in [-0.4, -0.2) is 42.0 Å². The lowest BCUT2D eigenvalue weighted by molar-refractivity contribution is 0.251. The van der Waals surface area contributed by atoms with Crippen molar-refractivity contribution in [2.45, 2.75) is 46.7 Å². The molecule has 1 aromatic carbocycles. The molecule has 0 atom stereocenters. The number of thiazole rings is 1. The number of aryl methyl sites for hydroxylation is 2. The molecule has 0 bridgehead atoms. The van der Waals surface area contributed by atoms with E-state index in [1.807, 2.05) is 6.92 Å². The van der Waals surface area contributed by atoms with Gasteiger partial charge in [0.05, 0.1) is 17.2 Å². The first-order valence-corrected chi connectivity index (χ1v) is 10.7. The molecule has 0 amide bonds. The SMILES string of the molecule is CCNC(=NCc1sc(C)nc1C)NCCCN1CCc2ccccc2C1. The maximum absolute atomic E-state index is 4.72. The molecular formula is C21H31N5S. The van der Waals surface area contributed by atoms with Crippen molar-refractivity contribution < 1.29 is 0 Å². The molecule has 0 spiro atoms. The first kappa shape index (κ1) is 19.8. The molecule has 2 aromatic rings. The summed E-state index contributed by atoms with van der Waals surface area (Å²) in [4.78, 5) is 13.0. The normalized spacial score (nSPS) is 14.9. The predicted molar refractivity (Wildman–Crippen MR) is 114 cm³/mol. The highest BCUT2D eigenvalue weighted by Gasteiger charge is 2.14. The van der Waals surface area contributed by atoms with E-state index in [1.54, 1.807) is 11.3 Å².